The molecule has 0 spiro atoms. The largest absolute Gasteiger partial charge is 0.389 e. The summed E-state index contributed by atoms with van der Waals surface area (Å²) in [6.07, 6.45) is 8.73. The van der Waals surface area contributed by atoms with Crippen LogP contribution >= 0.6 is 11.3 Å². The SMILES string of the molecule is CCCCc1c(-c2nc(N3CCCC(C)C3)c3c(C#N)nn(CC4CCCN4C)c3n2)noc1-c1c(CCC)sc(N)c1C#N. The number of aryl methyl sites for hydroxylation is 1. The molecule has 4 aromatic heterocycles. The maximum Gasteiger partial charge on any atom is 0.186 e. The first-order valence-electron chi connectivity index (χ1n) is 16.3. The zero-order chi connectivity index (χ0) is 31.7. The lowest BCUT2D eigenvalue weighted by Gasteiger charge is -2.32. The molecule has 2 fully saturated rings. The predicted molar refractivity (Wildman–Crippen MR) is 177 cm³/mol. The van der Waals surface area contributed by atoms with Gasteiger partial charge in [-0.3, -0.25) is 0 Å². The number of nitriles is 2. The Bertz CT molecular complexity index is 1770. The van der Waals surface area contributed by atoms with E-state index >= 15 is 0 Å². The number of rotatable bonds is 10. The van der Waals surface area contributed by atoms with Gasteiger partial charge in [-0.25, -0.2) is 14.6 Å². The van der Waals surface area contributed by atoms with Crippen LogP contribution in [-0.2, 0) is 19.4 Å². The van der Waals surface area contributed by atoms with Crippen molar-refractivity contribution in [3.63, 3.8) is 0 Å². The summed E-state index contributed by atoms with van der Waals surface area (Å²) >= 11 is 1.45. The fourth-order valence-corrected chi connectivity index (χ4v) is 8.02. The highest BCUT2D eigenvalue weighted by molar-refractivity contribution is 7.16. The van der Waals surface area contributed by atoms with Gasteiger partial charge in [0.25, 0.3) is 0 Å². The Morgan fingerprint density at radius 2 is 1.89 bits per heavy atom. The van der Waals surface area contributed by atoms with Crippen LogP contribution in [0.25, 0.3) is 33.9 Å². The molecule has 45 heavy (non-hydrogen) atoms. The van der Waals surface area contributed by atoms with Crippen LogP contribution in [0.5, 0.6) is 0 Å². The Balaban J connectivity index is 1.57. The molecule has 2 unspecified atom stereocenters. The van der Waals surface area contributed by atoms with Crippen LogP contribution in [0.2, 0.25) is 0 Å². The predicted octanol–water partition coefficient (Wildman–Crippen LogP) is 6.16. The van der Waals surface area contributed by atoms with E-state index in [9.17, 15) is 10.5 Å². The molecule has 2 saturated heterocycles. The van der Waals surface area contributed by atoms with Crippen molar-refractivity contribution in [1.29, 1.82) is 10.5 Å². The number of hydrogen-bond acceptors (Lipinski definition) is 11. The van der Waals surface area contributed by atoms with Gasteiger partial charge in [-0.1, -0.05) is 38.8 Å². The number of aromatic nitrogens is 5. The molecule has 0 amide bonds. The highest BCUT2D eigenvalue weighted by atomic mass is 32.1. The molecular formula is C33H42N10OS. The molecule has 0 aromatic carbocycles. The molecule has 0 saturated carbocycles. The molecule has 6 heterocycles. The topological polar surface area (TPSA) is 150 Å². The molecule has 4 aromatic rings. The third-order valence-corrected chi connectivity index (χ3v) is 10.4. The Kier molecular flexibility index (Phi) is 9.06. The van der Waals surface area contributed by atoms with Gasteiger partial charge in [-0.05, 0) is 64.5 Å². The maximum atomic E-state index is 10.2. The number of piperidine rings is 1. The standard InChI is InChI=1S/C33H42N10OS/c1-5-7-13-22-28(40-44-29(22)26-23(16-34)30(36)45-25(26)10-6-2)31-37-32(42-15-8-11-20(3)18-42)27-24(17-35)39-43(33(27)38-31)19-21-12-9-14-41(21)4/h20-21H,5-15,18-19,36H2,1-4H3. The molecule has 12 heteroatoms. The zero-order valence-electron chi connectivity index (χ0n) is 26.8. The van der Waals surface area contributed by atoms with Crippen LogP contribution < -0.4 is 10.6 Å². The van der Waals surface area contributed by atoms with Gasteiger partial charge < -0.3 is 20.1 Å². The number of likely N-dealkylation sites (N-methyl/N-ethyl adjacent to an activating group) is 1. The van der Waals surface area contributed by atoms with Crippen molar-refractivity contribution < 1.29 is 4.52 Å². The summed E-state index contributed by atoms with van der Waals surface area (Å²) in [5.41, 5.74) is 10.0. The third-order valence-electron chi connectivity index (χ3n) is 9.30. The van der Waals surface area contributed by atoms with Gasteiger partial charge in [0.1, 0.15) is 23.0 Å². The second-order valence-corrected chi connectivity index (χ2v) is 13.8. The highest BCUT2D eigenvalue weighted by Gasteiger charge is 2.32. The van der Waals surface area contributed by atoms with Crippen LogP contribution in [-0.4, -0.2) is 62.5 Å². The Morgan fingerprint density at radius 3 is 2.58 bits per heavy atom. The van der Waals surface area contributed by atoms with Gasteiger partial charge >= 0.3 is 0 Å². The van der Waals surface area contributed by atoms with Gasteiger partial charge in [-0.2, -0.15) is 15.6 Å². The number of thiophene rings is 1. The summed E-state index contributed by atoms with van der Waals surface area (Å²) in [5.74, 6) is 2.28. The van der Waals surface area contributed by atoms with E-state index < -0.39 is 0 Å². The normalized spacial score (nSPS) is 18.9. The number of fused-ring (bicyclic) bond motifs is 1. The number of nitrogens with two attached hydrogens (primary N) is 1. The van der Waals surface area contributed by atoms with E-state index in [1.165, 1.54) is 11.3 Å². The number of unbranched alkanes of at least 4 members (excludes halogenated alkanes) is 1. The van der Waals surface area contributed by atoms with E-state index in [4.69, 9.17) is 25.3 Å². The van der Waals surface area contributed by atoms with Crippen LogP contribution in [0.4, 0.5) is 10.8 Å². The smallest absolute Gasteiger partial charge is 0.186 e. The Morgan fingerprint density at radius 1 is 1.07 bits per heavy atom. The fraction of sp³-hybridized carbons (Fsp3) is 0.576. The molecule has 0 radical (unpaired) electrons. The van der Waals surface area contributed by atoms with Crippen LogP contribution in [0.1, 0.15) is 87.4 Å². The zero-order valence-corrected chi connectivity index (χ0v) is 27.6. The van der Waals surface area contributed by atoms with Crippen molar-refractivity contribution in [2.75, 3.05) is 37.3 Å². The minimum absolute atomic E-state index is 0.320. The molecule has 2 atom stereocenters. The molecule has 0 aliphatic carbocycles. The molecular weight excluding hydrogens is 584 g/mol. The molecule has 6 rings (SSSR count). The third kappa shape index (κ3) is 5.78. The first kappa shape index (κ1) is 31.0. The average molecular weight is 627 g/mol. The summed E-state index contributed by atoms with van der Waals surface area (Å²) in [6.45, 7) is 9.92. The van der Waals surface area contributed by atoms with Gasteiger partial charge in [0.15, 0.2) is 28.6 Å². The number of nitrogens with zero attached hydrogens (tertiary/aromatic N) is 9. The van der Waals surface area contributed by atoms with E-state index in [0.29, 0.717) is 69.5 Å². The van der Waals surface area contributed by atoms with Gasteiger partial charge in [0, 0.05) is 29.6 Å². The quantitative estimate of drug-likeness (QED) is 0.217. The van der Waals surface area contributed by atoms with Crippen LogP contribution in [0.3, 0.4) is 0 Å². The van der Waals surface area contributed by atoms with Gasteiger partial charge in [0.05, 0.1) is 23.1 Å². The van der Waals surface area contributed by atoms with Crippen molar-refractivity contribution >= 4 is 33.2 Å². The Labute approximate surface area is 268 Å². The molecule has 0 bridgehead atoms. The maximum absolute atomic E-state index is 10.2. The molecule has 2 N–H and O–H groups in total. The summed E-state index contributed by atoms with van der Waals surface area (Å²) < 4.78 is 8.05. The Hall–Kier alpha value is -4.00. The molecule has 236 valence electrons. The van der Waals surface area contributed by atoms with E-state index in [1.807, 2.05) is 4.68 Å². The van der Waals surface area contributed by atoms with E-state index in [0.717, 1.165) is 92.8 Å². The molecule has 2 aliphatic rings. The number of anilines is 2. The molecule has 11 nitrogen and oxygen atoms in total. The fourth-order valence-electron chi connectivity index (χ4n) is 6.90. The molecule has 2 aliphatic heterocycles. The lowest BCUT2D eigenvalue weighted by Crippen LogP contribution is -2.35. The van der Waals surface area contributed by atoms with Crippen molar-refractivity contribution in [3.05, 3.63) is 21.7 Å². The summed E-state index contributed by atoms with van der Waals surface area (Å²) in [7, 11) is 2.14. The first-order valence-corrected chi connectivity index (χ1v) is 17.1. The van der Waals surface area contributed by atoms with Crippen molar-refractivity contribution in [2.45, 2.75) is 91.1 Å². The monoisotopic (exact) mass is 626 g/mol. The van der Waals surface area contributed by atoms with E-state index in [2.05, 4.69) is 54.9 Å². The minimum atomic E-state index is 0.320. The number of hydrogen-bond donors (Lipinski definition) is 1. The second-order valence-electron chi connectivity index (χ2n) is 12.6. The summed E-state index contributed by atoms with van der Waals surface area (Å²) in [6, 6.07) is 4.99. The van der Waals surface area contributed by atoms with Crippen molar-refractivity contribution in [1.82, 2.24) is 29.8 Å². The van der Waals surface area contributed by atoms with E-state index in [1.54, 1.807) is 0 Å². The lowest BCUT2D eigenvalue weighted by molar-refractivity contribution is 0.276. The van der Waals surface area contributed by atoms with Crippen LogP contribution in [0.15, 0.2) is 4.52 Å². The van der Waals surface area contributed by atoms with Crippen LogP contribution in [0, 0.1) is 28.6 Å². The summed E-state index contributed by atoms with van der Waals surface area (Å²) in [5, 5.41) is 31.0. The minimum Gasteiger partial charge on any atom is -0.389 e. The second kappa shape index (κ2) is 13.2. The van der Waals surface area contributed by atoms with Crippen molar-refractivity contribution in [2.24, 2.45) is 5.92 Å². The highest BCUT2D eigenvalue weighted by Crippen LogP contribution is 2.43. The van der Waals surface area contributed by atoms with Crippen molar-refractivity contribution in [3.8, 4) is 35.0 Å². The van der Waals surface area contributed by atoms with E-state index in [-0.39, 0.29) is 0 Å². The van der Waals surface area contributed by atoms with Gasteiger partial charge in [0.2, 0.25) is 0 Å². The summed E-state index contributed by atoms with van der Waals surface area (Å²) in [4.78, 5) is 16.0. The number of nitrogen functional groups attached to an aromatic ring is 1. The lowest BCUT2D eigenvalue weighted by atomic mass is 9.98. The van der Waals surface area contributed by atoms with Gasteiger partial charge in [-0.15, -0.1) is 11.3 Å². The first-order chi connectivity index (χ1) is 21.9. The average Bonchev–Trinajstić information content (AvgIpc) is 3.80. The number of likely N-dealkylation sites (tertiary alicyclic amines) is 1.